The lowest BCUT2D eigenvalue weighted by Gasteiger charge is -2.21. The molecule has 1 fully saturated rings. The van der Waals surface area contributed by atoms with Crippen LogP contribution in [0.1, 0.15) is 20.8 Å². The number of carbonyl (C=O) groups excluding carboxylic acids is 2. The number of ketones is 1. The van der Waals surface area contributed by atoms with Gasteiger partial charge in [-0.3, -0.25) is 4.79 Å². The van der Waals surface area contributed by atoms with Gasteiger partial charge < -0.3 is 10.1 Å². The molecule has 1 aliphatic heterocycles. The van der Waals surface area contributed by atoms with Crippen LogP contribution in [0.25, 0.3) is 0 Å². The molecule has 0 aliphatic carbocycles. The van der Waals surface area contributed by atoms with Crippen LogP contribution in [0, 0.1) is 0 Å². The van der Waals surface area contributed by atoms with Gasteiger partial charge in [-0.25, -0.2) is 4.79 Å². The number of hydrogen-bond donors (Lipinski definition) is 1. The Bertz CT molecular complexity index is 307. The molecule has 4 nitrogen and oxygen atoms in total. The second kappa shape index (κ2) is 4.20. The minimum absolute atomic E-state index is 0.155. The summed E-state index contributed by atoms with van der Waals surface area (Å²) in [6.45, 7) is 9.76. The SMILES string of the molecule is CC(C)(C)OC(=O)N[C@@H]1C[Si](C)(C)CC1=O. The van der Waals surface area contributed by atoms with Crippen molar-refractivity contribution in [3.63, 3.8) is 0 Å². The van der Waals surface area contributed by atoms with Crippen molar-refractivity contribution in [1.29, 1.82) is 0 Å². The van der Waals surface area contributed by atoms with E-state index in [1.165, 1.54) is 0 Å². The predicted octanol–water partition coefficient (Wildman–Crippen LogP) is 2.17. The van der Waals surface area contributed by atoms with Gasteiger partial charge in [0.25, 0.3) is 0 Å². The smallest absolute Gasteiger partial charge is 0.408 e. The summed E-state index contributed by atoms with van der Waals surface area (Å²) in [7, 11) is -1.41. The van der Waals surface area contributed by atoms with E-state index in [0.717, 1.165) is 6.04 Å². The van der Waals surface area contributed by atoms with Crippen LogP contribution >= 0.6 is 0 Å². The van der Waals surface area contributed by atoms with Gasteiger partial charge in [0.1, 0.15) is 5.60 Å². The number of ether oxygens (including phenoxy) is 1. The third-order valence-corrected chi connectivity index (χ3v) is 5.31. The van der Waals surface area contributed by atoms with Crippen LogP contribution in [0.15, 0.2) is 0 Å². The van der Waals surface area contributed by atoms with Crippen LogP contribution < -0.4 is 5.32 Å². The summed E-state index contributed by atoms with van der Waals surface area (Å²) in [5.41, 5.74) is -0.515. The van der Waals surface area contributed by atoms with Crippen molar-refractivity contribution in [2.45, 2.75) is 57.6 Å². The molecule has 0 spiro atoms. The monoisotopic (exact) mass is 243 g/mol. The molecule has 0 aromatic carbocycles. The first-order chi connectivity index (χ1) is 7.09. The number of rotatable bonds is 1. The van der Waals surface area contributed by atoms with Gasteiger partial charge in [-0.05, 0) is 26.8 Å². The number of nitrogens with one attached hydrogen (secondary N) is 1. The molecule has 1 heterocycles. The maximum atomic E-state index is 11.7. The number of carbonyl (C=O) groups is 2. The van der Waals surface area contributed by atoms with Gasteiger partial charge in [-0.2, -0.15) is 0 Å². The highest BCUT2D eigenvalue weighted by Gasteiger charge is 2.40. The third kappa shape index (κ3) is 3.96. The molecular formula is C11H21NO3Si. The quantitative estimate of drug-likeness (QED) is 0.718. The van der Waals surface area contributed by atoms with E-state index >= 15 is 0 Å². The van der Waals surface area contributed by atoms with Crippen LogP contribution in [-0.4, -0.2) is 31.6 Å². The van der Waals surface area contributed by atoms with E-state index in [-0.39, 0.29) is 11.8 Å². The van der Waals surface area contributed by atoms with Gasteiger partial charge in [-0.1, -0.05) is 13.1 Å². The Hall–Kier alpha value is -0.843. The van der Waals surface area contributed by atoms with E-state index < -0.39 is 19.8 Å². The minimum Gasteiger partial charge on any atom is -0.444 e. The van der Waals surface area contributed by atoms with E-state index in [4.69, 9.17) is 4.74 Å². The number of alkyl carbamates (subject to hydrolysis) is 1. The minimum atomic E-state index is -1.41. The molecule has 0 radical (unpaired) electrons. The van der Waals surface area contributed by atoms with E-state index in [0.29, 0.717) is 6.04 Å². The molecule has 5 heteroatoms. The summed E-state index contributed by atoms with van der Waals surface area (Å²) in [4.78, 5) is 23.2. The maximum absolute atomic E-state index is 11.7. The molecule has 0 saturated carbocycles. The van der Waals surface area contributed by atoms with Gasteiger partial charge >= 0.3 is 6.09 Å². The molecule has 0 bridgehead atoms. The molecule has 1 rings (SSSR count). The molecule has 1 aliphatic rings. The fourth-order valence-corrected chi connectivity index (χ4v) is 4.68. The van der Waals surface area contributed by atoms with Crippen molar-refractivity contribution in [2.75, 3.05) is 0 Å². The zero-order valence-electron chi connectivity index (χ0n) is 10.7. The first kappa shape index (κ1) is 13.2. The van der Waals surface area contributed by atoms with Crippen LogP contribution in [0.4, 0.5) is 4.79 Å². The molecule has 92 valence electrons. The van der Waals surface area contributed by atoms with Gasteiger partial charge in [-0.15, -0.1) is 0 Å². The molecule has 1 N–H and O–H groups in total. The van der Waals surface area contributed by atoms with Gasteiger partial charge in [0.2, 0.25) is 0 Å². The number of Topliss-reactive ketones (excluding diaryl/α,β-unsaturated/α-hetero) is 1. The first-order valence-electron chi connectivity index (χ1n) is 5.61. The molecule has 1 saturated heterocycles. The highest BCUT2D eigenvalue weighted by molar-refractivity contribution is 6.82. The second-order valence-corrected chi connectivity index (χ2v) is 11.3. The van der Waals surface area contributed by atoms with E-state index in [1.54, 1.807) is 0 Å². The van der Waals surface area contributed by atoms with Gasteiger partial charge in [0.05, 0.1) is 14.1 Å². The largest absolute Gasteiger partial charge is 0.444 e. The van der Waals surface area contributed by atoms with Crippen molar-refractivity contribution in [1.82, 2.24) is 5.32 Å². The molecule has 1 atom stereocenters. The Balaban J connectivity index is 2.50. The molecule has 0 aromatic heterocycles. The Morgan fingerprint density at radius 3 is 2.38 bits per heavy atom. The fraction of sp³-hybridized carbons (Fsp3) is 0.818. The Labute approximate surface area is 97.8 Å². The fourth-order valence-electron chi connectivity index (χ4n) is 1.91. The van der Waals surface area contributed by atoms with Crippen molar-refractivity contribution in [3.8, 4) is 0 Å². The van der Waals surface area contributed by atoms with E-state index in [2.05, 4.69) is 18.4 Å². The lowest BCUT2D eigenvalue weighted by molar-refractivity contribution is -0.117. The topological polar surface area (TPSA) is 55.4 Å². The number of hydrogen-bond acceptors (Lipinski definition) is 3. The Morgan fingerprint density at radius 1 is 1.44 bits per heavy atom. The average molecular weight is 243 g/mol. The summed E-state index contributed by atoms with van der Waals surface area (Å²) in [6, 6.07) is 1.16. The summed E-state index contributed by atoms with van der Waals surface area (Å²) < 4.78 is 5.13. The van der Waals surface area contributed by atoms with E-state index in [1.807, 2.05) is 20.8 Å². The van der Waals surface area contributed by atoms with Crippen molar-refractivity contribution >= 4 is 20.0 Å². The van der Waals surface area contributed by atoms with Crippen molar-refractivity contribution in [3.05, 3.63) is 0 Å². The van der Waals surface area contributed by atoms with Gasteiger partial charge in [0, 0.05) is 6.04 Å². The standard InChI is InChI=1S/C11H21NO3Si/c1-11(2,3)15-10(14)12-8-6-16(4,5)7-9(8)13/h8H,6-7H2,1-5H3,(H,12,14)/t8-/m1/s1. The molecule has 16 heavy (non-hydrogen) atoms. The molecule has 1 amide bonds. The Kier molecular flexibility index (Phi) is 3.47. The lowest BCUT2D eigenvalue weighted by atomic mass is 10.2. The van der Waals surface area contributed by atoms with Crippen LogP contribution in [-0.2, 0) is 9.53 Å². The number of amides is 1. The Morgan fingerprint density at radius 2 is 2.00 bits per heavy atom. The summed E-state index contributed by atoms with van der Waals surface area (Å²) >= 11 is 0. The zero-order chi connectivity index (χ0) is 12.6. The summed E-state index contributed by atoms with van der Waals surface area (Å²) in [5, 5.41) is 2.66. The van der Waals surface area contributed by atoms with E-state index in [9.17, 15) is 9.59 Å². The third-order valence-electron chi connectivity index (χ3n) is 2.49. The molecule has 0 unspecified atom stereocenters. The lowest BCUT2D eigenvalue weighted by Crippen LogP contribution is -2.41. The predicted molar refractivity (Wildman–Crippen MR) is 65.3 cm³/mol. The highest BCUT2D eigenvalue weighted by Crippen LogP contribution is 2.27. The van der Waals surface area contributed by atoms with Crippen LogP contribution in [0.5, 0.6) is 0 Å². The normalized spacial score (nSPS) is 24.3. The average Bonchev–Trinajstić information content (AvgIpc) is 2.19. The maximum Gasteiger partial charge on any atom is 0.408 e. The molecule has 0 aromatic rings. The molecular weight excluding hydrogens is 222 g/mol. The summed E-state index contributed by atoms with van der Waals surface area (Å²) in [6.07, 6.45) is -0.488. The van der Waals surface area contributed by atoms with Gasteiger partial charge in [0.15, 0.2) is 5.78 Å². The van der Waals surface area contributed by atoms with Crippen LogP contribution in [0.2, 0.25) is 25.2 Å². The first-order valence-corrected chi connectivity index (χ1v) is 9.03. The van der Waals surface area contributed by atoms with Crippen LogP contribution in [0.3, 0.4) is 0 Å². The zero-order valence-corrected chi connectivity index (χ0v) is 11.7. The highest BCUT2D eigenvalue weighted by atomic mass is 28.3. The van der Waals surface area contributed by atoms with Crippen molar-refractivity contribution in [2.24, 2.45) is 0 Å². The second-order valence-electron chi connectivity index (χ2n) is 6.21. The van der Waals surface area contributed by atoms with Crippen molar-refractivity contribution < 1.29 is 14.3 Å². The summed E-state index contributed by atoms with van der Waals surface area (Å²) in [5.74, 6) is 0.155.